The highest BCUT2D eigenvalue weighted by Crippen LogP contribution is 2.21. The van der Waals surface area contributed by atoms with Crippen molar-refractivity contribution >= 4 is 126 Å². The minimum Gasteiger partial charge on any atom is -0.357 e. The zero-order chi connectivity index (χ0) is 35.4. The molecule has 8 heterocycles. The summed E-state index contributed by atoms with van der Waals surface area (Å²) in [6, 6.07) is 18.0. The minimum absolute atomic E-state index is 0.00849. The lowest BCUT2D eigenvalue weighted by Gasteiger charge is -2.28. The summed E-state index contributed by atoms with van der Waals surface area (Å²) in [4.78, 5) is 51.1. The van der Waals surface area contributed by atoms with E-state index in [0.717, 1.165) is 5.69 Å². The third-order valence-electron chi connectivity index (χ3n) is 6.40. The highest BCUT2D eigenvalue weighted by Gasteiger charge is 2.35. The molecular formula is C29H21Cl5N16. The van der Waals surface area contributed by atoms with Crippen molar-refractivity contribution in [1.82, 2.24) is 18.9 Å². The lowest BCUT2D eigenvalue weighted by atomic mass is 10.2. The van der Waals surface area contributed by atoms with Crippen LogP contribution in [-0.2, 0) is 14.1 Å². The molecule has 0 saturated carbocycles. The van der Waals surface area contributed by atoms with Crippen LogP contribution < -0.4 is 0 Å². The van der Waals surface area contributed by atoms with Crippen molar-refractivity contribution in [2.45, 2.75) is 6.92 Å². The SMILES string of the molecule is Cc1ccccc1.ClC1=NC2=NC(Cl)=NC3=NC(Cl)=NC(=N1)N23.Cn1cccc1.Cn1cccc1C1=NC2=NC(Cl)=NC3=NC(Cl)=NC(=N1)N32. The Hall–Kier alpha value is -5.13. The normalized spacial score (nSPS) is 17.8. The number of hydrogen-bond donors (Lipinski definition) is 0. The van der Waals surface area contributed by atoms with Crippen molar-refractivity contribution in [1.29, 1.82) is 0 Å². The third-order valence-corrected chi connectivity index (χ3v) is 7.25. The van der Waals surface area contributed by atoms with E-state index < -0.39 is 0 Å². The fraction of sp³-hybridized carbons (Fsp3) is 0.103. The molecule has 50 heavy (non-hydrogen) atoms. The van der Waals surface area contributed by atoms with E-state index in [-0.39, 0.29) is 50.3 Å². The van der Waals surface area contributed by atoms with Crippen LogP contribution in [0.2, 0.25) is 0 Å². The van der Waals surface area contributed by atoms with Gasteiger partial charge in [-0.15, -0.1) is 0 Å². The summed E-state index contributed by atoms with van der Waals surface area (Å²) in [6.07, 6.45) is 5.89. The Bertz CT molecular complexity index is 2120. The third kappa shape index (κ3) is 8.18. The molecule has 0 fully saturated rings. The van der Waals surface area contributed by atoms with Crippen molar-refractivity contribution in [2.24, 2.45) is 74.0 Å². The van der Waals surface area contributed by atoms with Gasteiger partial charge in [0.05, 0.1) is 5.69 Å². The molecule has 0 amide bonds. The Kier molecular flexibility index (Phi) is 10.5. The van der Waals surface area contributed by atoms with Gasteiger partial charge in [-0.25, -0.2) is 9.80 Å². The lowest BCUT2D eigenvalue weighted by Crippen LogP contribution is -2.47. The second-order valence-corrected chi connectivity index (χ2v) is 11.7. The lowest BCUT2D eigenvalue weighted by molar-refractivity contribution is 0.827. The van der Waals surface area contributed by atoms with Crippen LogP contribution >= 0.6 is 58.0 Å². The summed E-state index contributed by atoms with van der Waals surface area (Å²) in [7, 11) is 3.89. The molecular weight excluding hydrogens is 750 g/mol. The molecule has 2 aromatic heterocycles. The van der Waals surface area contributed by atoms with Crippen molar-refractivity contribution in [3.8, 4) is 0 Å². The van der Waals surface area contributed by atoms with Gasteiger partial charge in [-0.2, -0.15) is 59.9 Å². The molecule has 6 aliphatic heterocycles. The number of rotatable bonds is 1. The van der Waals surface area contributed by atoms with Gasteiger partial charge >= 0.3 is 0 Å². The Balaban J connectivity index is 0.000000130. The standard InChI is InChI=1S/C11H6Cl2N8.C7H8.C6Cl3N7.C5H7N/c1-20-4-2-3-5(20)6-14-9-16-7(12)18-11-19-8(13)17-10(15-6)21(9)11;1-7-5-3-2-4-6-7;7-1-10-4-12-2(8)14-6-15-3(9)13-5(11-1)16(4)6;1-6-4-2-3-5-6/h2-4H,1H3;2-6H,1H3;;2-5H,1H3. The number of halogens is 5. The van der Waals surface area contributed by atoms with Gasteiger partial charge in [0, 0.05) is 32.7 Å². The summed E-state index contributed by atoms with van der Waals surface area (Å²) >= 11 is 28.9. The van der Waals surface area contributed by atoms with Gasteiger partial charge < -0.3 is 9.13 Å². The molecule has 6 aliphatic rings. The first-order chi connectivity index (χ1) is 24.0. The Morgan fingerprint density at radius 1 is 0.420 bits per heavy atom. The van der Waals surface area contributed by atoms with Crippen LogP contribution in [0.5, 0.6) is 0 Å². The zero-order valence-corrected chi connectivity index (χ0v) is 29.8. The molecule has 0 aliphatic carbocycles. The molecule has 0 atom stereocenters. The molecule has 0 N–H and O–H groups in total. The Morgan fingerprint density at radius 2 is 0.820 bits per heavy atom. The van der Waals surface area contributed by atoms with E-state index >= 15 is 0 Å². The van der Waals surface area contributed by atoms with E-state index in [1.807, 2.05) is 84.3 Å². The van der Waals surface area contributed by atoms with Crippen LogP contribution in [0.4, 0.5) is 0 Å². The summed E-state index contributed by atoms with van der Waals surface area (Å²) < 4.78 is 3.89. The average Bonchev–Trinajstić information content (AvgIpc) is 3.71. The molecule has 3 aromatic rings. The van der Waals surface area contributed by atoms with Crippen LogP contribution in [0, 0.1) is 6.92 Å². The molecule has 16 nitrogen and oxygen atoms in total. The zero-order valence-electron chi connectivity index (χ0n) is 26.0. The number of aryl methyl sites for hydroxylation is 3. The summed E-state index contributed by atoms with van der Waals surface area (Å²) in [6.45, 7) is 2.08. The number of nitrogens with zero attached hydrogens (tertiary/aromatic N) is 16. The molecule has 9 rings (SSSR count). The van der Waals surface area contributed by atoms with Gasteiger partial charge in [-0.1, -0.05) is 35.9 Å². The fourth-order valence-electron chi connectivity index (χ4n) is 4.21. The van der Waals surface area contributed by atoms with Crippen LogP contribution in [0.3, 0.4) is 0 Å². The number of amidine groups is 6. The molecule has 0 saturated heterocycles. The highest BCUT2D eigenvalue weighted by atomic mass is 35.5. The number of guanidine groups is 6. The predicted molar refractivity (Wildman–Crippen MR) is 203 cm³/mol. The van der Waals surface area contributed by atoms with Crippen LogP contribution in [-0.4, -0.2) is 87.0 Å². The fourth-order valence-corrected chi connectivity index (χ4v) is 4.97. The predicted octanol–water partition coefficient (Wildman–Crippen LogP) is 5.57. The van der Waals surface area contributed by atoms with E-state index in [0.29, 0.717) is 17.8 Å². The summed E-state index contributed by atoms with van der Waals surface area (Å²) in [5, 5.41) is 0.0349. The van der Waals surface area contributed by atoms with Crippen LogP contribution in [0.1, 0.15) is 11.3 Å². The van der Waals surface area contributed by atoms with E-state index in [2.05, 4.69) is 79.0 Å². The number of benzene rings is 1. The van der Waals surface area contributed by atoms with Crippen molar-refractivity contribution in [3.05, 3.63) is 84.4 Å². The van der Waals surface area contributed by atoms with Gasteiger partial charge in [0.15, 0.2) is 5.84 Å². The molecule has 252 valence electrons. The largest absolute Gasteiger partial charge is 0.357 e. The molecule has 0 spiro atoms. The Labute approximate surface area is 309 Å². The second kappa shape index (κ2) is 15.2. The number of hydrogen-bond acceptors (Lipinski definition) is 14. The summed E-state index contributed by atoms with van der Waals surface area (Å²) in [5.74, 6) is 1.96. The monoisotopic (exact) mass is 768 g/mol. The van der Waals surface area contributed by atoms with Crippen molar-refractivity contribution in [2.75, 3.05) is 0 Å². The van der Waals surface area contributed by atoms with E-state index in [4.69, 9.17) is 58.0 Å². The topological polar surface area (TPSA) is 165 Å². The van der Waals surface area contributed by atoms with Gasteiger partial charge in [-0.3, -0.25) is 0 Å². The van der Waals surface area contributed by atoms with Gasteiger partial charge in [0.1, 0.15) is 0 Å². The maximum Gasteiger partial charge on any atom is 0.245 e. The molecule has 21 heteroatoms. The van der Waals surface area contributed by atoms with Crippen LogP contribution in [0.15, 0.2) is 133 Å². The van der Waals surface area contributed by atoms with Gasteiger partial charge in [-0.05, 0) is 89.2 Å². The first kappa shape index (κ1) is 34.7. The maximum atomic E-state index is 5.89. The van der Waals surface area contributed by atoms with Crippen molar-refractivity contribution < 1.29 is 0 Å². The average molecular weight is 771 g/mol. The van der Waals surface area contributed by atoms with Crippen LogP contribution in [0.25, 0.3) is 0 Å². The first-order valence-corrected chi connectivity index (χ1v) is 16.1. The summed E-state index contributed by atoms with van der Waals surface area (Å²) in [5.41, 5.74) is 2.14. The molecule has 1 aromatic carbocycles. The second-order valence-electron chi connectivity index (χ2n) is 9.99. The molecule has 0 radical (unpaired) electrons. The maximum absolute atomic E-state index is 5.89. The number of aromatic nitrogens is 2. The van der Waals surface area contributed by atoms with E-state index in [1.54, 1.807) is 0 Å². The Morgan fingerprint density at radius 3 is 1.14 bits per heavy atom. The molecule has 0 unspecified atom stereocenters. The van der Waals surface area contributed by atoms with E-state index in [9.17, 15) is 0 Å². The van der Waals surface area contributed by atoms with Gasteiger partial charge in [0.2, 0.25) is 62.2 Å². The smallest absolute Gasteiger partial charge is 0.245 e. The van der Waals surface area contributed by atoms with E-state index in [1.165, 1.54) is 15.4 Å². The minimum atomic E-state index is -0.00849. The number of aliphatic imine (C=N–C) groups is 12. The first-order valence-electron chi connectivity index (χ1n) is 14.2. The highest BCUT2D eigenvalue weighted by molar-refractivity contribution is 6.71. The molecule has 0 bridgehead atoms. The van der Waals surface area contributed by atoms with Crippen molar-refractivity contribution in [3.63, 3.8) is 0 Å². The van der Waals surface area contributed by atoms with Gasteiger partial charge in [0.25, 0.3) is 0 Å². The quantitative estimate of drug-likeness (QED) is 0.296.